The molecule has 0 bridgehead atoms. The van der Waals surface area contributed by atoms with E-state index in [1.807, 2.05) is 13.1 Å². The van der Waals surface area contributed by atoms with E-state index in [1.54, 1.807) is 12.1 Å². The molecular weight excluding hydrogens is 461 g/mol. The molecule has 10 nitrogen and oxygen atoms in total. The summed E-state index contributed by atoms with van der Waals surface area (Å²) in [6.07, 6.45) is 5.10. The second kappa shape index (κ2) is 8.78. The average molecular weight is 486 g/mol. The Morgan fingerprint density at radius 2 is 2.18 bits per heavy atom. The summed E-state index contributed by atoms with van der Waals surface area (Å²) in [5.74, 6) is -0.106. The van der Waals surface area contributed by atoms with Gasteiger partial charge in [0.05, 0.1) is 24.5 Å². The molecule has 12 heteroatoms. The molecule has 2 atom stereocenters. The first-order chi connectivity index (χ1) is 16.4. The quantitative estimate of drug-likeness (QED) is 0.519. The van der Waals surface area contributed by atoms with Crippen LogP contribution in [0.5, 0.6) is 5.88 Å². The van der Waals surface area contributed by atoms with Gasteiger partial charge in [0.2, 0.25) is 5.88 Å². The minimum Gasteiger partial charge on any atom is -0.476 e. The highest BCUT2D eigenvalue weighted by atomic mass is 32.2. The zero-order chi connectivity index (χ0) is 23.9. The summed E-state index contributed by atoms with van der Waals surface area (Å²) in [5.41, 5.74) is 3.21. The van der Waals surface area contributed by atoms with E-state index in [0.717, 1.165) is 36.6 Å². The van der Waals surface area contributed by atoms with Crippen molar-refractivity contribution in [2.24, 2.45) is 9.50 Å². The smallest absolute Gasteiger partial charge is 0.354 e. The number of ether oxygens (including phenoxy) is 1. The molecule has 0 saturated carbocycles. The van der Waals surface area contributed by atoms with Crippen molar-refractivity contribution in [3.8, 4) is 17.0 Å². The number of nitrogens with two attached hydrogens (primary N) is 1. The van der Waals surface area contributed by atoms with Crippen LogP contribution in [0.25, 0.3) is 11.1 Å². The van der Waals surface area contributed by atoms with Gasteiger partial charge in [-0.3, -0.25) is 4.98 Å². The third-order valence-electron chi connectivity index (χ3n) is 6.05. The Balaban J connectivity index is 1.48. The molecule has 34 heavy (non-hydrogen) atoms. The fourth-order valence-corrected chi connectivity index (χ4v) is 5.19. The number of halogens is 1. The number of hydrogen-bond acceptors (Lipinski definition) is 6. The molecule has 2 aliphatic rings. The topological polar surface area (TPSA) is 137 Å². The molecule has 3 aromatic rings. The van der Waals surface area contributed by atoms with Gasteiger partial charge in [-0.25, -0.2) is 23.2 Å². The summed E-state index contributed by atoms with van der Waals surface area (Å²) in [6.45, 7) is 0.934. The van der Waals surface area contributed by atoms with Gasteiger partial charge in [-0.1, -0.05) is 12.1 Å². The van der Waals surface area contributed by atoms with Crippen molar-refractivity contribution in [3.05, 3.63) is 53.6 Å². The van der Waals surface area contributed by atoms with Crippen molar-refractivity contribution in [3.63, 3.8) is 0 Å². The zero-order valence-corrected chi connectivity index (χ0v) is 19.3. The van der Waals surface area contributed by atoms with Crippen LogP contribution in [0.1, 0.15) is 17.5 Å². The van der Waals surface area contributed by atoms with Crippen molar-refractivity contribution in [2.75, 3.05) is 19.0 Å². The molecule has 1 aliphatic heterocycles. The number of aromatic nitrogens is 3. The van der Waals surface area contributed by atoms with Crippen molar-refractivity contribution < 1.29 is 18.1 Å². The predicted octanol–water partition coefficient (Wildman–Crippen LogP) is 2.49. The van der Waals surface area contributed by atoms with Crippen LogP contribution in [0.3, 0.4) is 0 Å². The molecule has 0 spiro atoms. The number of likely N-dealkylation sites (N-methyl/N-ethyl adjacent to an activating group) is 1. The lowest BCUT2D eigenvalue weighted by Crippen LogP contribution is -2.39. The normalized spacial score (nSPS) is 18.4. The summed E-state index contributed by atoms with van der Waals surface area (Å²) in [4.78, 5) is 16.7. The second-order valence-electron chi connectivity index (χ2n) is 8.22. The van der Waals surface area contributed by atoms with Gasteiger partial charge < -0.3 is 15.4 Å². The Bertz CT molecular complexity index is 1400. The number of nitrogens with zero attached hydrogens (tertiary/aromatic N) is 4. The number of hydrogen-bond donors (Lipinski definition) is 3. The number of anilines is 1. The molecule has 2 aromatic heterocycles. The number of urea groups is 1. The van der Waals surface area contributed by atoms with Gasteiger partial charge in [-0.15, -0.1) is 4.36 Å². The monoisotopic (exact) mass is 485 g/mol. The number of carbonyl (C=O) groups excluding carboxylic acids is 1. The van der Waals surface area contributed by atoms with Crippen molar-refractivity contribution in [1.82, 2.24) is 20.1 Å². The molecule has 5 rings (SSSR count). The minimum absolute atomic E-state index is 0.0430. The van der Waals surface area contributed by atoms with Gasteiger partial charge in [0.25, 0.3) is 0 Å². The summed E-state index contributed by atoms with van der Waals surface area (Å²) in [5, 5.41) is 15.9. The molecule has 2 unspecified atom stereocenters. The van der Waals surface area contributed by atoms with Crippen LogP contribution in [0.4, 0.5) is 14.9 Å². The van der Waals surface area contributed by atoms with Crippen molar-refractivity contribution in [2.45, 2.75) is 36.9 Å². The number of pyridine rings is 1. The summed E-state index contributed by atoms with van der Waals surface area (Å²) in [6, 6.07) is 5.81. The van der Waals surface area contributed by atoms with Crippen LogP contribution in [0.2, 0.25) is 0 Å². The van der Waals surface area contributed by atoms with Gasteiger partial charge in [0.1, 0.15) is 12.4 Å². The number of nitrogens with one attached hydrogen (secondary N) is 2. The van der Waals surface area contributed by atoms with Crippen LogP contribution in [-0.2, 0) is 29.3 Å². The van der Waals surface area contributed by atoms with E-state index in [1.165, 1.54) is 16.9 Å². The number of benzene rings is 1. The third-order valence-corrected chi connectivity index (χ3v) is 7.29. The molecule has 0 fully saturated rings. The van der Waals surface area contributed by atoms with Crippen molar-refractivity contribution in [1.29, 1.82) is 0 Å². The van der Waals surface area contributed by atoms with Gasteiger partial charge in [0, 0.05) is 23.4 Å². The van der Waals surface area contributed by atoms with Gasteiger partial charge >= 0.3 is 6.03 Å². The maximum atomic E-state index is 14.5. The summed E-state index contributed by atoms with van der Waals surface area (Å²) in [7, 11) is -1.84. The molecule has 2 amide bonds. The fraction of sp³-hybridized carbons (Fsp3) is 0.318. The Kier molecular flexibility index (Phi) is 5.80. The zero-order valence-electron chi connectivity index (χ0n) is 18.5. The fourth-order valence-electron chi connectivity index (χ4n) is 4.32. The molecule has 1 aliphatic carbocycles. The Morgan fingerprint density at radius 3 is 2.97 bits per heavy atom. The number of rotatable bonds is 4. The molecule has 4 N–H and O–H groups in total. The molecule has 0 radical (unpaired) electrons. The van der Waals surface area contributed by atoms with E-state index in [-0.39, 0.29) is 11.1 Å². The first-order valence-corrected chi connectivity index (χ1v) is 12.4. The summed E-state index contributed by atoms with van der Waals surface area (Å²) >= 11 is 0. The van der Waals surface area contributed by atoms with Crippen LogP contribution in [-0.4, -0.2) is 44.7 Å². The lowest BCUT2D eigenvalue weighted by Gasteiger charge is -2.23. The number of carbonyl (C=O) groups is 1. The second-order valence-corrected chi connectivity index (χ2v) is 9.96. The van der Waals surface area contributed by atoms with E-state index >= 15 is 0 Å². The van der Waals surface area contributed by atoms with Crippen LogP contribution < -0.4 is 20.5 Å². The highest BCUT2D eigenvalue weighted by Gasteiger charge is 2.25. The highest BCUT2D eigenvalue weighted by Crippen LogP contribution is 2.38. The predicted molar refractivity (Wildman–Crippen MR) is 124 cm³/mol. The maximum Gasteiger partial charge on any atom is 0.354 e. The van der Waals surface area contributed by atoms with Crippen LogP contribution >= 0.6 is 0 Å². The lowest BCUT2D eigenvalue weighted by molar-refractivity contribution is 0.189. The Hall–Kier alpha value is -3.35. The number of amides is 2. The number of fused-ring (bicyclic) bond motifs is 2. The van der Waals surface area contributed by atoms with Gasteiger partial charge in [-0.05, 0) is 43.5 Å². The van der Waals surface area contributed by atoms with Gasteiger partial charge in [0.15, 0.2) is 14.9 Å². The largest absolute Gasteiger partial charge is 0.476 e. The lowest BCUT2D eigenvalue weighted by atomic mass is 9.97. The number of aryl methyl sites for hydroxylation is 1. The first-order valence-electron chi connectivity index (χ1n) is 10.8. The first kappa shape index (κ1) is 22.4. The Labute approximate surface area is 196 Å². The van der Waals surface area contributed by atoms with E-state index in [0.29, 0.717) is 35.8 Å². The average Bonchev–Trinajstić information content (AvgIpc) is 3.46. The van der Waals surface area contributed by atoms with E-state index in [2.05, 4.69) is 25.1 Å². The maximum absolute atomic E-state index is 14.5. The van der Waals surface area contributed by atoms with Crippen molar-refractivity contribution >= 4 is 21.6 Å². The SMILES string of the molecule is CNC1COc2cc(S(N)(=O)=NC(=O)Nc3c(-c4ccncc4F)ccc4c3CCC4)nn2C1. The molecule has 0 saturated heterocycles. The molecular formula is C22H24FN7O3S. The standard InChI is InChI=1S/C22H24FN7O3S/c1-25-14-11-30-20(33-12-14)9-19(28-30)34(24,32)29-22(31)27-21-15-4-2-3-13(15)5-6-17(21)16-7-8-26-10-18(16)23/h5-10,14,25H,2-4,11-12H2,1H3,(H3,24,27,29,31,32). The van der Waals surface area contributed by atoms with E-state index in [9.17, 15) is 13.4 Å². The molecule has 3 heterocycles. The van der Waals surface area contributed by atoms with Gasteiger partial charge in [-0.2, -0.15) is 5.10 Å². The van der Waals surface area contributed by atoms with Crippen LogP contribution in [0.15, 0.2) is 46.0 Å². The molecule has 1 aromatic carbocycles. The highest BCUT2D eigenvalue weighted by molar-refractivity contribution is 7.91. The third kappa shape index (κ3) is 4.15. The van der Waals surface area contributed by atoms with Crippen LogP contribution in [0, 0.1) is 5.82 Å². The minimum atomic E-state index is -3.65. The van der Waals surface area contributed by atoms with E-state index in [4.69, 9.17) is 9.88 Å². The molecule has 178 valence electrons. The van der Waals surface area contributed by atoms with E-state index < -0.39 is 21.8 Å². The Morgan fingerprint density at radius 1 is 1.32 bits per heavy atom. The summed E-state index contributed by atoms with van der Waals surface area (Å²) < 4.78 is 38.5.